The highest BCUT2D eigenvalue weighted by atomic mass is 19.4. The molecule has 1 saturated heterocycles. The molecule has 0 atom stereocenters. The molecule has 0 aliphatic carbocycles. The number of fused-ring (bicyclic) bond motifs is 1. The second kappa shape index (κ2) is 11.8. The summed E-state index contributed by atoms with van der Waals surface area (Å²) in [4.78, 5) is 39.4. The third-order valence-corrected chi connectivity index (χ3v) is 7.19. The van der Waals surface area contributed by atoms with Crippen LogP contribution in [0.25, 0.3) is 11.4 Å². The van der Waals surface area contributed by atoms with E-state index in [0.29, 0.717) is 62.0 Å². The van der Waals surface area contributed by atoms with Gasteiger partial charge in [0.05, 0.1) is 31.0 Å². The fraction of sp³-hybridized carbons (Fsp3) is 0.419. The van der Waals surface area contributed by atoms with E-state index in [1.165, 1.54) is 12.1 Å². The Morgan fingerprint density at radius 1 is 1.00 bits per heavy atom. The van der Waals surface area contributed by atoms with Gasteiger partial charge in [0.1, 0.15) is 11.4 Å². The van der Waals surface area contributed by atoms with E-state index in [1.54, 1.807) is 23.1 Å². The summed E-state index contributed by atoms with van der Waals surface area (Å²) < 4.78 is 50.7. The van der Waals surface area contributed by atoms with Gasteiger partial charge in [-0.15, -0.1) is 0 Å². The number of anilines is 2. The molecule has 2 aliphatic heterocycles. The molecule has 3 aromatic rings. The first-order valence-corrected chi connectivity index (χ1v) is 14.1. The molecule has 0 saturated carbocycles. The normalized spacial score (nSPS) is 15.6. The van der Waals surface area contributed by atoms with Crippen molar-refractivity contribution in [2.45, 2.75) is 52.4 Å². The first-order chi connectivity index (χ1) is 20.3. The molecule has 9 nitrogen and oxygen atoms in total. The van der Waals surface area contributed by atoms with Crippen LogP contribution in [-0.2, 0) is 28.6 Å². The summed E-state index contributed by atoms with van der Waals surface area (Å²) in [7, 11) is 0. The minimum Gasteiger partial charge on any atom is -0.444 e. The summed E-state index contributed by atoms with van der Waals surface area (Å²) >= 11 is 0. The standard InChI is InChI=1S/C31H34F3N5O4/c1-19-8-9-22(35-28(40)20-6-5-7-21(16-20)31(32,33)34)17-24(19)26-36-25-18-39(29(41)43-30(2,3)4)11-10-23(25)27(37-26)38-12-14-42-15-13-38/h5-9,16-17H,10-15,18H2,1-4H3,(H,35,40). The Morgan fingerprint density at radius 3 is 2.44 bits per heavy atom. The molecule has 3 heterocycles. The molecule has 228 valence electrons. The number of carbonyl (C=O) groups excluding carboxylic acids is 2. The van der Waals surface area contributed by atoms with Crippen LogP contribution in [0.5, 0.6) is 0 Å². The molecule has 1 aromatic heterocycles. The maximum absolute atomic E-state index is 13.2. The van der Waals surface area contributed by atoms with E-state index in [9.17, 15) is 22.8 Å². The van der Waals surface area contributed by atoms with Gasteiger partial charge < -0.3 is 24.6 Å². The number of nitrogens with one attached hydrogen (secondary N) is 1. The van der Waals surface area contributed by atoms with Crippen LogP contribution in [0, 0.1) is 6.92 Å². The van der Waals surface area contributed by atoms with Crippen molar-refractivity contribution in [2.24, 2.45) is 0 Å². The fourth-order valence-corrected chi connectivity index (χ4v) is 5.03. The fourth-order valence-electron chi connectivity index (χ4n) is 5.03. The molecule has 1 fully saturated rings. The van der Waals surface area contributed by atoms with E-state index < -0.39 is 29.3 Å². The first-order valence-electron chi connectivity index (χ1n) is 14.1. The Labute approximate surface area is 248 Å². The van der Waals surface area contributed by atoms with Crippen LogP contribution >= 0.6 is 0 Å². The van der Waals surface area contributed by atoms with Gasteiger partial charge in [0.2, 0.25) is 0 Å². The largest absolute Gasteiger partial charge is 0.444 e. The number of hydrogen-bond donors (Lipinski definition) is 1. The van der Waals surface area contributed by atoms with E-state index in [-0.39, 0.29) is 12.1 Å². The summed E-state index contributed by atoms with van der Waals surface area (Å²) in [6.45, 7) is 10.5. The van der Waals surface area contributed by atoms with Crippen LogP contribution in [0.3, 0.4) is 0 Å². The SMILES string of the molecule is Cc1ccc(NC(=O)c2cccc(C(F)(F)F)c2)cc1-c1nc2c(c(N3CCOCC3)n1)CCN(C(=O)OC(C)(C)C)C2. The monoisotopic (exact) mass is 597 g/mol. The second-order valence-electron chi connectivity index (χ2n) is 11.6. The topological polar surface area (TPSA) is 96.9 Å². The van der Waals surface area contributed by atoms with Crippen LogP contribution in [0.15, 0.2) is 42.5 Å². The predicted molar refractivity (Wildman–Crippen MR) is 155 cm³/mol. The van der Waals surface area contributed by atoms with Crippen molar-refractivity contribution in [3.63, 3.8) is 0 Å². The third kappa shape index (κ3) is 7.07. The van der Waals surface area contributed by atoms with Crippen LogP contribution < -0.4 is 10.2 Å². The van der Waals surface area contributed by atoms with Crippen LogP contribution in [0.2, 0.25) is 0 Å². The zero-order chi connectivity index (χ0) is 30.9. The number of nitrogens with zero attached hydrogens (tertiary/aromatic N) is 4. The lowest BCUT2D eigenvalue weighted by Crippen LogP contribution is -2.42. The molecule has 1 N–H and O–H groups in total. The Morgan fingerprint density at radius 2 is 1.74 bits per heavy atom. The number of morpholine rings is 1. The third-order valence-electron chi connectivity index (χ3n) is 7.19. The number of ether oxygens (including phenoxy) is 2. The smallest absolute Gasteiger partial charge is 0.416 e. The highest BCUT2D eigenvalue weighted by Crippen LogP contribution is 2.33. The molecular formula is C31H34F3N5O4. The predicted octanol–water partition coefficient (Wildman–Crippen LogP) is 5.85. The van der Waals surface area contributed by atoms with E-state index in [0.717, 1.165) is 29.1 Å². The molecule has 2 aliphatic rings. The zero-order valence-corrected chi connectivity index (χ0v) is 24.5. The van der Waals surface area contributed by atoms with E-state index in [1.807, 2.05) is 27.7 Å². The van der Waals surface area contributed by atoms with Crippen molar-refractivity contribution in [1.29, 1.82) is 0 Å². The number of amides is 2. The van der Waals surface area contributed by atoms with Gasteiger partial charge in [-0.1, -0.05) is 12.1 Å². The van der Waals surface area contributed by atoms with Gasteiger partial charge in [-0.25, -0.2) is 14.8 Å². The molecule has 0 radical (unpaired) electrons. The van der Waals surface area contributed by atoms with Crippen molar-refractivity contribution in [1.82, 2.24) is 14.9 Å². The number of hydrogen-bond acceptors (Lipinski definition) is 7. The summed E-state index contributed by atoms with van der Waals surface area (Å²) in [5, 5.41) is 2.70. The number of benzene rings is 2. The Balaban J connectivity index is 1.48. The maximum Gasteiger partial charge on any atom is 0.416 e. The van der Waals surface area contributed by atoms with Gasteiger partial charge in [-0.3, -0.25) is 4.79 Å². The molecule has 2 aromatic carbocycles. The maximum atomic E-state index is 13.2. The van der Waals surface area contributed by atoms with Crippen LogP contribution in [0.4, 0.5) is 29.5 Å². The van der Waals surface area contributed by atoms with Crippen molar-refractivity contribution < 1.29 is 32.2 Å². The average Bonchev–Trinajstić information content (AvgIpc) is 2.96. The summed E-state index contributed by atoms with van der Waals surface area (Å²) in [5.74, 6) is 0.526. The van der Waals surface area contributed by atoms with Gasteiger partial charge in [-0.2, -0.15) is 13.2 Å². The lowest BCUT2D eigenvalue weighted by molar-refractivity contribution is -0.137. The first kappa shape index (κ1) is 30.3. The Bertz CT molecular complexity index is 1530. The van der Waals surface area contributed by atoms with E-state index in [4.69, 9.17) is 19.4 Å². The molecule has 0 bridgehead atoms. The van der Waals surface area contributed by atoms with Crippen molar-refractivity contribution in [3.8, 4) is 11.4 Å². The molecule has 2 amide bonds. The molecular weight excluding hydrogens is 563 g/mol. The molecule has 5 rings (SSSR count). The average molecular weight is 598 g/mol. The van der Waals surface area contributed by atoms with Crippen molar-refractivity contribution >= 4 is 23.5 Å². The van der Waals surface area contributed by atoms with Crippen LogP contribution in [0.1, 0.15) is 53.5 Å². The highest BCUT2D eigenvalue weighted by molar-refractivity contribution is 6.04. The number of halogens is 3. The zero-order valence-electron chi connectivity index (χ0n) is 24.5. The number of aryl methyl sites for hydroxylation is 1. The molecule has 0 spiro atoms. The molecule has 0 unspecified atom stereocenters. The lowest BCUT2D eigenvalue weighted by Gasteiger charge is -2.35. The summed E-state index contributed by atoms with van der Waals surface area (Å²) in [5.41, 5.74) is 1.90. The second-order valence-corrected chi connectivity index (χ2v) is 11.6. The summed E-state index contributed by atoms with van der Waals surface area (Å²) in [6, 6.07) is 9.45. The van der Waals surface area contributed by atoms with Crippen molar-refractivity contribution in [2.75, 3.05) is 43.1 Å². The molecule has 43 heavy (non-hydrogen) atoms. The summed E-state index contributed by atoms with van der Waals surface area (Å²) in [6.07, 6.45) is -4.41. The Hall–Kier alpha value is -4.19. The quantitative estimate of drug-likeness (QED) is 0.403. The van der Waals surface area contributed by atoms with Gasteiger partial charge in [0, 0.05) is 42.0 Å². The highest BCUT2D eigenvalue weighted by Gasteiger charge is 2.32. The van der Waals surface area contributed by atoms with Gasteiger partial charge in [0.25, 0.3) is 5.91 Å². The minimum absolute atomic E-state index is 0.112. The number of aromatic nitrogens is 2. The number of rotatable bonds is 4. The van der Waals surface area contributed by atoms with E-state index >= 15 is 0 Å². The number of alkyl halides is 3. The van der Waals surface area contributed by atoms with E-state index in [2.05, 4.69) is 10.2 Å². The van der Waals surface area contributed by atoms with Crippen molar-refractivity contribution in [3.05, 3.63) is 70.4 Å². The Kier molecular flexibility index (Phi) is 8.33. The van der Waals surface area contributed by atoms with Gasteiger partial charge in [-0.05, 0) is 70.0 Å². The molecule has 12 heteroatoms. The van der Waals surface area contributed by atoms with Gasteiger partial charge in [0.15, 0.2) is 5.82 Å². The number of carbonyl (C=O) groups is 2. The lowest BCUT2D eigenvalue weighted by atomic mass is 10.0. The van der Waals surface area contributed by atoms with Gasteiger partial charge >= 0.3 is 12.3 Å². The van der Waals surface area contributed by atoms with Crippen LogP contribution in [-0.4, -0.2) is 65.3 Å². The minimum atomic E-state index is -4.56.